The average molecular weight is 240 g/mol. The first kappa shape index (κ1) is 13.4. The number of rotatable bonds is 1. The van der Waals surface area contributed by atoms with E-state index in [2.05, 4.69) is 27.7 Å². The van der Waals surface area contributed by atoms with Crippen LogP contribution in [0.3, 0.4) is 0 Å². The molecule has 1 aliphatic carbocycles. The van der Waals surface area contributed by atoms with E-state index in [0.29, 0.717) is 5.92 Å². The molecule has 2 heteroatoms. The number of hydrogen-bond donors (Lipinski definition) is 1. The van der Waals surface area contributed by atoms with Crippen LogP contribution in [0.1, 0.15) is 59.8 Å². The van der Waals surface area contributed by atoms with Gasteiger partial charge in [0, 0.05) is 12.8 Å². The fourth-order valence-electron chi connectivity index (χ4n) is 3.94. The predicted octanol–water partition coefficient (Wildman–Crippen LogP) is 3.38. The van der Waals surface area contributed by atoms with Gasteiger partial charge in [-0.15, -0.1) is 0 Å². The summed E-state index contributed by atoms with van der Waals surface area (Å²) in [6, 6.07) is 0. The van der Waals surface area contributed by atoms with Crippen LogP contribution in [0.15, 0.2) is 0 Å². The van der Waals surface area contributed by atoms with E-state index in [-0.39, 0.29) is 12.2 Å². The molecule has 5 unspecified atom stereocenters. The minimum Gasteiger partial charge on any atom is -0.389 e. The average Bonchev–Trinajstić information content (AvgIpc) is 2.19. The molecular weight excluding hydrogens is 212 g/mol. The second-order valence-electron chi connectivity index (χ2n) is 6.73. The number of hydrogen-bond acceptors (Lipinski definition) is 2. The summed E-state index contributed by atoms with van der Waals surface area (Å²) in [6.45, 7) is 8.87. The van der Waals surface area contributed by atoms with Crippen LogP contribution in [0.4, 0.5) is 0 Å². The van der Waals surface area contributed by atoms with Crippen LogP contribution in [0.25, 0.3) is 0 Å². The van der Waals surface area contributed by atoms with E-state index < -0.39 is 5.60 Å². The SMILES string of the molecule is CC1CC(O)(C2CCC(C)C(C)C2)CC(C)O1. The molecule has 1 heterocycles. The first-order valence-electron chi connectivity index (χ1n) is 7.28. The summed E-state index contributed by atoms with van der Waals surface area (Å²) in [5.74, 6) is 2.07. The molecule has 2 fully saturated rings. The maximum atomic E-state index is 11.0. The second-order valence-corrected chi connectivity index (χ2v) is 6.73. The molecule has 17 heavy (non-hydrogen) atoms. The molecule has 0 spiro atoms. The molecule has 2 nitrogen and oxygen atoms in total. The van der Waals surface area contributed by atoms with E-state index in [9.17, 15) is 5.11 Å². The Morgan fingerprint density at radius 2 is 1.53 bits per heavy atom. The van der Waals surface area contributed by atoms with Crippen molar-refractivity contribution in [3.63, 3.8) is 0 Å². The Hall–Kier alpha value is -0.0800. The van der Waals surface area contributed by atoms with Gasteiger partial charge in [0.15, 0.2) is 0 Å². The molecule has 1 N–H and O–H groups in total. The van der Waals surface area contributed by atoms with E-state index in [1.54, 1.807) is 0 Å². The molecular formula is C15H28O2. The molecule has 5 atom stereocenters. The minimum absolute atomic E-state index is 0.207. The quantitative estimate of drug-likeness (QED) is 0.761. The Morgan fingerprint density at radius 3 is 2.06 bits per heavy atom. The van der Waals surface area contributed by atoms with Crippen molar-refractivity contribution in [2.24, 2.45) is 17.8 Å². The van der Waals surface area contributed by atoms with Crippen LogP contribution in [0, 0.1) is 17.8 Å². The third-order valence-electron chi connectivity index (χ3n) is 5.10. The predicted molar refractivity (Wildman–Crippen MR) is 69.9 cm³/mol. The van der Waals surface area contributed by atoms with Crippen molar-refractivity contribution in [2.45, 2.75) is 77.6 Å². The Labute approximate surface area is 106 Å². The Morgan fingerprint density at radius 1 is 0.941 bits per heavy atom. The molecule has 1 saturated carbocycles. The standard InChI is InChI=1S/C15H28O2/c1-10-5-6-14(7-11(10)2)15(16)8-12(3)17-13(4)9-15/h10-14,16H,5-9H2,1-4H3. The zero-order valence-electron chi connectivity index (χ0n) is 11.8. The summed E-state index contributed by atoms with van der Waals surface area (Å²) >= 11 is 0. The van der Waals surface area contributed by atoms with Crippen LogP contribution >= 0.6 is 0 Å². The van der Waals surface area contributed by atoms with Crippen molar-refractivity contribution in [3.8, 4) is 0 Å². The molecule has 1 saturated heterocycles. The van der Waals surface area contributed by atoms with Crippen LogP contribution in [-0.2, 0) is 4.74 Å². The molecule has 0 aromatic carbocycles. The summed E-state index contributed by atoms with van der Waals surface area (Å²) in [4.78, 5) is 0. The summed E-state index contributed by atoms with van der Waals surface area (Å²) in [6.07, 6.45) is 5.72. The maximum absolute atomic E-state index is 11.0. The molecule has 0 bridgehead atoms. The molecule has 0 aromatic heterocycles. The van der Waals surface area contributed by atoms with E-state index in [4.69, 9.17) is 4.74 Å². The normalized spacial score (nSPS) is 52.4. The Bertz CT molecular complexity index is 254. The van der Waals surface area contributed by atoms with Crippen LogP contribution in [0.2, 0.25) is 0 Å². The number of ether oxygens (including phenoxy) is 1. The van der Waals surface area contributed by atoms with E-state index in [1.165, 1.54) is 19.3 Å². The van der Waals surface area contributed by atoms with Gasteiger partial charge in [0.05, 0.1) is 17.8 Å². The van der Waals surface area contributed by atoms with Gasteiger partial charge >= 0.3 is 0 Å². The zero-order valence-corrected chi connectivity index (χ0v) is 11.8. The Balaban J connectivity index is 2.04. The van der Waals surface area contributed by atoms with Crippen LogP contribution in [0.5, 0.6) is 0 Å². The van der Waals surface area contributed by atoms with Gasteiger partial charge in [0.2, 0.25) is 0 Å². The summed E-state index contributed by atoms with van der Waals surface area (Å²) in [5, 5.41) is 11.0. The van der Waals surface area contributed by atoms with Gasteiger partial charge in [0.25, 0.3) is 0 Å². The van der Waals surface area contributed by atoms with E-state index >= 15 is 0 Å². The maximum Gasteiger partial charge on any atom is 0.0725 e. The van der Waals surface area contributed by atoms with Gasteiger partial charge in [0.1, 0.15) is 0 Å². The van der Waals surface area contributed by atoms with Crippen molar-refractivity contribution in [3.05, 3.63) is 0 Å². The van der Waals surface area contributed by atoms with Gasteiger partial charge in [-0.3, -0.25) is 0 Å². The van der Waals surface area contributed by atoms with Crippen molar-refractivity contribution < 1.29 is 9.84 Å². The van der Waals surface area contributed by atoms with E-state index in [1.807, 2.05) is 0 Å². The van der Waals surface area contributed by atoms with Crippen molar-refractivity contribution in [1.82, 2.24) is 0 Å². The first-order valence-corrected chi connectivity index (χ1v) is 7.28. The highest BCUT2D eigenvalue weighted by atomic mass is 16.5. The van der Waals surface area contributed by atoms with Gasteiger partial charge in [-0.1, -0.05) is 20.3 Å². The lowest BCUT2D eigenvalue weighted by atomic mass is 9.66. The fraction of sp³-hybridized carbons (Fsp3) is 1.00. The monoisotopic (exact) mass is 240 g/mol. The zero-order chi connectivity index (χ0) is 12.6. The molecule has 100 valence electrons. The lowest BCUT2D eigenvalue weighted by molar-refractivity contribution is -0.164. The highest BCUT2D eigenvalue weighted by molar-refractivity contribution is 4.95. The number of aliphatic hydroxyl groups is 1. The highest BCUT2D eigenvalue weighted by Gasteiger charge is 2.44. The minimum atomic E-state index is -0.467. The summed E-state index contributed by atoms with van der Waals surface area (Å²) in [5.41, 5.74) is -0.467. The van der Waals surface area contributed by atoms with Gasteiger partial charge in [-0.2, -0.15) is 0 Å². The molecule has 0 radical (unpaired) electrons. The third kappa shape index (κ3) is 2.85. The van der Waals surface area contributed by atoms with Crippen molar-refractivity contribution >= 4 is 0 Å². The van der Waals surface area contributed by atoms with Crippen LogP contribution in [-0.4, -0.2) is 22.9 Å². The summed E-state index contributed by atoms with van der Waals surface area (Å²) < 4.78 is 5.76. The van der Waals surface area contributed by atoms with Gasteiger partial charge < -0.3 is 9.84 Å². The highest BCUT2D eigenvalue weighted by Crippen LogP contribution is 2.44. The molecule has 2 aliphatic rings. The van der Waals surface area contributed by atoms with Gasteiger partial charge in [-0.25, -0.2) is 0 Å². The van der Waals surface area contributed by atoms with Crippen molar-refractivity contribution in [2.75, 3.05) is 0 Å². The molecule has 2 rings (SSSR count). The van der Waals surface area contributed by atoms with Crippen molar-refractivity contribution in [1.29, 1.82) is 0 Å². The first-order chi connectivity index (χ1) is 7.90. The van der Waals surface area contributed by atoms with Crippen LogP contribution < -0.4 is 0 Å². The topological polar surface area (TPSA) is 29.5 Å². The third-order valence-corrected chi connectivity index (χ3v) is 5.10. The Kier molecular flexibility index (Phi) is 3.84. The lowest BCUT2D eigenvalue weighted by Gasteiger charge is -2.47. The largest absolute Gasteiger partial charge is 0.389 e. The van der Waals surface area contributed by atoms with Gasteiger partial charge in [-0.05, 0) is 44.4 Å². The van der Waals surface area contributed by atoms with E-state index in [0.717, 1.165) is 24.7 Å². The fourth-order valence-corrected chi connectivity index (χ4v) is 3.94. The molecule has 1 aliphatic heterocycles. The molecule has 0 amide bonds. The summed E-state index contributed by atoms with van der Waals surface area (Å²) in [7, 11) is 0. The lowest BCUT2D eigenvalue weighted by Crippen LogP contribution is -2.50. The molecule has 0 aromatic rings. The second kappa shape index (κ2) is 4.89. The smallest absolute Gasteiger partial charge is 0.0725 e.